The minimum Gasteiger partial charge on any atom is -0.461 e. The SMILES string of the molecule is CCn1c(SC(C)(C)C(=O)Nc2ccccc2)nnc1-c1ccco1. The number of furan rings is 1. The second-order valence-electron chi connectivity index (χ2n) is 5.96. The van der Waals surface area contributed by atoms with Crippen molar-refractivity contribution in [2.75, 3.05) is 5.32 Å². The molecule has 0 aliphatic carbocycles. The zero-order chi connectivity index (χ0) is 17.9. The van der Waals surface area contributed by atoms with Crippen LogP contribution >= 0.6 is 11.8 Å². The van der Waals surface area contributed by atoms with Gasteiger partial charge in [0, 0.05) is 12.2 Å². The Hall–Kier alpha value is -2.54. The molecule has 3 rings (SSSR count). The number of nitrogens with zero attached hydrogens (tertiary/aromatic N) is 3. The molecule has 0 aliphatic rings. The Morgan fingerprint density at radius 3 is 2.60 bits per heavy atom. The Kier molecular flexibility index (Phi) is 4.94. The van der Waals surface area contributed by atoms with Crippen molar-refractivity contribution in [2.24, 2.45) is 0 Å². The van der Waals surface area contributed by atoms with Crippen LogP contribution in [0.5, 0.6) is 0 Å². The molecular weight excluding hydrogens is 336 g/mol. The maximum atomic E-state index is 12.7. The number of carbonyl (C=O) groups is 1. The first-order valence-electron chi connectivity index (χ1n) is 8.04. The van der Waals surface area contributed by atoms with Crippen LogP contribution in [-0.2, 0) is 11.3 Å². The van der Waals surface area contributed by atoms with Crippen LogP contribution in [0, 0.1) is 0 Å². The van der Waals surface area contributed by atoms with Crippen LogP contribution in [-0.4, -0.2) is 25.4 Å². The van der Waals surface area contributed by atoms with Crippen molar-refractivity contribution in [2.45, 2.75) is 37.2 Å². The molecule has 25 heavy (non-hydrogen) atoms. The molecule has 6 nitrogen and oxygen atoms in total. The predicted molar refractivity (Wildman–Crippen MR) is 98.4 cm³/mol. The number of amides is 1. The van der Waals surface area contributed by atoms with Crippen LogP contribution in [0.25, 0.3) is 11.6 Å². The monoisotopic (exact) mass is 356 g/mol. The van der Waals surface area contributed by atoms with Gasteiger partial charge in [-0.3, -0.25) is 9.36 Å². The van der Waals surface area contributed by atoms with Crippen molar-refractivity contribution in [1.82, 2.24) is 14.8 Å². The van der Waals surface area contributed by atoms with E-state index in [1.54, 1.807) is 6.26 Å². The van der Waals surface area contributed by atoms with Crippen molar-refractivity contribution in [3.63, 3.8) is 0 Å². The fourth-order valence-corrected chi connectivity index (χ4v) is 3.32. The van der Waals surface area contributed by atoms with Gasteiger partial charge in [0.05, 0.1) is 11.0 Å². The van der Waals surface area contributed by atoms with E-state index < -0.39 is 4.75 Å². The maximum Gasteiger partial charge on any atom is 0.240 e. The van der Waals surface area contributed by atoms with Crippen LogP contribution < -0.4 is 5.32 Å². The normalized spacial score (nSPS) is 11.5. The summed E-state index contributed by atoms with van der Waals surface area (Å²) in [7, 11) is 0. The van der Waals surface area contributed by atoms with Gasteiger partial charge in [0.25, 0.3) is 0 Å². The minimum atomic E-state index is -0.712. The minimum absolute atomic E-state index is 0.0890. The third kappa shape index (κ3) is 3.76. The summed E-state index contributed by atoms with van der Waals surface area (Å²) in [6.07, 6.45) is 1.61. The highest BCUT2D eigenvalue weighted by Crippen LogP contribution is 2.34. The molecule has 2 aromatic heterocycles. The lowest BCUT2D eigenvalue weighted by Crippen LogP contribution is -2.34. The molecule has 1 aromatic carbocycles. The van der Waals surface area contributed by atoms with Crippen molar-refractivity contribution in [3.8, 4) is 11.6 Å². The van der Waals surface area contributed by atoms with E-state index in [9.17, 15) is 4.79 Å². The van der Waals surface area contributed by atoms with Crippen molar-refractivity contribution in [1.29, 1.82) is 0 Å². The molecule has 0 atom stereocenters. The van der Waals surface area contributed by atoms with E-state index in [1.165, 1.54) is 11.8 Å². The first kappa shape index (κ1) is 17.3. The number of anilines is 1. The van der Waals surface area contributed by atoms with Gasteiger partial charge in [0.1, 0.15) is 0 Å². The Morgan fingerprint density at radius 2 is 1.96 bits per heavy atom. The molecule has 0 unspecified atom stereocenters. The molecular formula is C18H20N4O2S. The molecule has 2 heterocycles. The Bertz CT molecular complexity index is 841. The quantitative estimate of drug-likeness (QED) is 0.674. The molecule has 3 aromatic rings. The Labute approximate surface area is 150 Å². The zero-order valence-electron chi connectivity index (χ0n) is 14.4. The lowest BCUT2D eigenvalue weighted by molar-refractivity contribution is -0.117. The summed E-state index contributed by atoms with van der Waals surface area (Å²) < 4.78 is 6.65. The number of benzene rings is 1. The summed E-state index contributed by atoms with van der Waals surface area (Å²) in [6, 6.07) is 13.1. The molecule has 0 aliphatic heterocycles. The van der Waals surface area contributed by atoms with Crippen LogP contribution in [0.3, 0.4) is 0 Å². The zero-order valence-corrected chi connectivity index (χ0v) is 15.2. The van der Waals surface area contributed by atoms with Gasteiger partial charge in [-0.25, -0.2) is 0 Å². The van der Waals surface area contributed by atoms with Gasteiger partial charge >= 0.3 is 0 Å². The van der Waals surface area contributed by atoms with Gasteiger partial charge in [-0.1, -0.05) is 30.0 Å². The van der Waals surface area contributed by atoms with Crippen molar-refractivity contribution < 1.29 is 9.21 Å². The number of aromatic nitrogens is 3. The number of thioether (sulfide) groups is 1. The highest BCUT2D eigenvalue weighted by atomic mass is 32.2. The lowest BCUT2D eigenvalue weighted by atomic mass is 10.2. The largest absolute Gasteiger partial charge is 0.461 e. The van der Waals surface area contributed by atoms with Gasteiger partial charge in [0.2, 0.25) is 5.91 Å². The second-order valence-corrected chi connectivity index (χ2v) is 7.55. The first-order chi connectivity index (χ1) is 12.0. The average molecular weight is 356 g/mol. The molecule has 0 saturated carbocycles. The van der Waals surface area contributed by atoms with Crippen molar-refractivity contribution >= 4 is 23.4 Å². The molecule has 130 valence electrons. The highest BCUT2D eigenvalue weighted by molar-refractivity contribution is 8.01. The van der Waals surface area contributed by atoms with Gasteiger partial charge in [-0.05, 0) is 45.0 Å². The molecule has 0 radical (unpaired) electrons. The van der Waals surface area contributed by atoms with Crippen LogP contribution in [0.4, 0.5) is 5.69 Å². The standard InChI is InChI=1S/C18H20N4O2S/c1-4-22-15(14-11-8-12-24-14)20-21-17(22)25-18(2,3)16(23)19-13-9-6-5-7-10-13/h5-12H,4H2,1-3H3,(H,19,23). The molecule has 0 saturated heterocycles. The van der Waals surface area contributed by atoms with Gasteiger partial charge in [0.15, 0.2) is 16.7 Å². The fourth-order valence-electron chi connectivity index (χ4n) is 2.31. The molecule has 0 bridgehead atoms. The summed E-state index contributed by atoms with van der Waals surface area (Å²) >= 11 is 1.38. The summed E-state index contributed by atoms with van der Waals surface area (Å²) in [4.78, 5) is 12.7. The number of hydrogen-bond acceptors (Lipinski definition) is 5. The third-order valence-corrected chi connectivity index (χ3v) is 4.88. The predicted octanol–water partition coefficient (Wildman–Crippen LogP) is 4.07. The van der Waals surface area contributed by atoms with Crippen LogP contribution in [0.1, 0.15) is 20.8 Å². The summed E-state index contributed by atoms with van der Waals surface area (Å²) in [6.45, 7) is 6.44. The fraction of sp³-hybridized carbons (Fsp3) is 0.278. The molecule has 7 heteroatoms. The van der Waals surface area contributed by atoms with E-state index in [2.05, 4.69) is 15.5 Å². The summed E-state index contributed by atoms with van der Waals surface area (Å²) in [5.74, 6) is 1.23. The smallest absolute Gasteiger partial charge is 0.240 e. The second kappa shape index (κ2) is 7.14. The number of para-hydroxylation sites is 1. The average Bonchev–Trinajstić information content (AvgIpc) is 3.24. The topological polar surface area (TPSA) is 73.0 Å². The van der Waals surface area contributed by atoms with E-state index >= 15 is 0 Å². The summed E-state index contributed by atoms with van der Waals surface area (Å²) in [5.41, 5.74) is 0.773. The first-order valence-corrected chi connectivity index (χ1v) is 8.85. The molecule has 0 spiro atoms. The molecule has 1 amide bonds. The van der Waals surface area contributed by atoms with E-state index in [4.69, 9.17) is 4.42 Å². The molecule has 1 N–H and O–H groups in total. The number of nitrogens with one attached hydrogen (secondary N) is 1. The van der Waals surface area contributed by atoms with E-state index in [0.29, 0.717) is 23.3 Å². The third-order valence-electron chi connectivity index (χ3n) is 3.70. The number of hydrogen-bond donors (Lipinski definition) is 1. The Morgan fingerprint density at radius 1 is 1.20 bits per heavy atom. The van der Waals surface area contributed by atoms with Crippen LogP contribution in [0.2, 0.25) is 0 Å². The lowest BCUT2D eigenvalue weighted by Gasteiger charge is -2.22. The van der Waals surface area contributed by atoms with E-state index in [1.807, 2.05) is 67.8 Å². The summed E-state index contributed by atoms with van der Waals surface area (Å²) in [5, 5.41) is 12.1. The maximum absolute atomic E-state index is 12.7. The van der Waals surface area contributed by atoms with E-state index in [0.717, 1.165) is 5.69 Å². The number of carbonyl (C=O) groups excluding carboxylic acids is 1. The molecule has 0 fully saturated rings. The highest BCUT2D eigenvalue weighted by Gasteiger charge is 2.32. The van der Waals surface area contributed by atoms with Gasteiger partial charge in [-0.15, -0.1) is 10.2 Å². The Balaban J connectivity index is 1.80. The van der Waals surface area contributed by atoms with E-state index in [-0.39, 0.29) is 5.91 Å². The van der Waals surface area contributed by atoms with Crippen LogP contribution in [0.15, 0.2) is 58.3 Å². The van der Waals surface area contributed by atoms with Crippen molar-refractivity contribution in [3.05, 3.63) is 48.7 Å². The number of rotatable bonds is 6. The van der Waals surface area contributed by atoms with Gasteiger partial charge < -0.3 is 9.73 Å². The van der Waals surface area contributed by atoms with Gasteiger partial charge in [-0.2, -0.15) is 0 Å².